The number of nitro groups is 1. The third-order valence-electron chi connectivity index (χ3n) is 4.03. The van der Waals surface area contributed by atoms with Gasteiger partial charge in [0.05, 0.1) is 4.92 Å². The first-order chi connectivity index (χ1) is 12.4. The summed E-state index contributed by atoms with van der Waals surface area (Å²) >= 11 is 0. The minimum atomic E-state index is -0.917. The topological polar surface area (TPSA) is 98.5 Å². The number of hydrogen-bond donors (Lipinski definition) is 1. The Labute approximate surface area is 151 Å². The van der Waals surface area contributed by atoms with Crippen molar-refractivity contribution in [1.82, 2.24) is 0 Å². The van der Waals surface area contributed by atoms with Crippen LogP contribution in [-0.2, 0) is 9.53 Å². The van der Waals surface area contributed by atoms with Gasteiger partial charge in [-0.1, -0.05) is 38.1 Å². The molecule has 26 heavy (non-hydrogen) atoms. The monoisotopic (exact) mass is 356 g/mol. The van der Waals surface area contributed by atoms with Crippen molar-refractivity contribution >= 4 is 23.3 Å². The molecule has 0 saturated carbocycles. The van der Waals surface area contributed by atoms with E-state index in [0.29, 0.717) is 11.6 Å². The first-order valence-corrected chi connectivity index (χ1v) is 8.22. The molecule has 2 rings (SSSR count). The molecule has 0 radical (unpaired) electrons. The molecule has 1 N–H and O–H groups in total. The van der Waals surface area contributed by atoms with Crippen molar-refractivity contribution < 1.29 is 19.2 Å². The highest BCUT2D eigenvalue weighted by Crippen LogP contribution is 2.21. The number of hydrogen-bond acceptors (Lipinski definition) is 5. The summed E-state index contributed by atoms with van der Waals surface area (Å²) in [6, 6.07) is 12.9. The number of ether oxygens (including phenoxy) is 1. The molecule has 7 nitrogen and oxygen atoms in total. The number of nitrogens with one attached hydrogen (secondary N) is 1. The van der Waals surface area contributed by atoms with Gasteiger partial charge in [0.1, 0.15) is 5.56 Å². The third-order valence-corrected chi connectivity index (χ3v) is 4.03. The van der Waals surface area contributed by atoms with Gasteiger partial charge in [0, 0.05) is 11.8 Å². The summed E-state index contributed by atoms with van der Waals surface area (Å²) in [6.45, 7) is 3.69. The predicted molar refractivity (Wildman–Crippen MR) is 97.2 cm³/mol. The number of carbonyl (C=O) groups excluding carboxylic acids is 2. The Morgan fingerprint density at radius 2 is 1.81 bits per heavy atom. The lowest BCUT2D eigenvalue weighted by Gasteiger charge is -2.10. The summed E-state index contributed by atoms with van der Waals surface area (Å²) in [4.78, 5) is 34.1. The molecule has 1 atom stereocenters. The number of carbonyl (C=O) groups is 2. The second-order valence-electron chi connectivity index (χ2n) is 5.83. The molecule has 0 aliphatic rings. The highest BCUT2D eigenvalue weighted by Gasteiger charge is 2.21. The zero-order valence-electron chi connectivity index (χ0n) is 14.6. The molecule has 0 heterocycles. The molecular weight excluding hydrogens is 336 g/mol. The Kier molecular flexibility index (Phi) is 6.43. The number of anilines is 1. The molecule has 0 saturated heterocycles. The quantitative estimate of drug-likeness (QED) is 0.461. The van der Waals surface area contributed by atoms with Crippen molar-refractivity contribution in [3.05, 3.63) is 69.8 Å². The second kappa shape index (κ2) is 8.75. The van der Waals surface area contributed by atoms with Gasteiger partial charge in [-0.3, -0.25) is 14.9 Å². The second-order valence-corrected chi connectivity index (χ2v) is 5.83. The van der Waals surface area contributed by atoms with E-state index in [1.54, 1.807) is 12.1 Å². The van der Waals surface area contributed by atoms with Gasteiger partial charge in [0.25, 0.3) is 11.6 Å². The van der Waals surface area contributed by atoms with Crippen LogP contribution in [0.4, 0.5) is 11.4 Å². The Bertz CT molecular complexity index is 802. The maximum Gasteiger partial charge on any atom is 0.345 e. The zero-order valence-corrected chi connectivity index (χ0v) is 14.6. The van der Waals surface area contributed by atoms with Gasteiger partial charge in [-0.25, -0.2) is 4.79 Å². The molecule has 136 valence electrons. The summed E-state index contributed by atoms with van der Waals surface area (Å²) in [7, 11) is 0. The summed E-state index contributed by atoms with van der Waals surface area (Å²) in [5.41, 5.74) is 1.21. The first kappa shape index (κ1) is 19.1. The normalized spacial score (nSPS) is 11.5. The zero-order chi connectivity index (χ0) is 19.1. The highest BCUT2D eigenvalue weighted by molar-refractivity contribution is 5.97. The number of nitrogens with zero attached hydrogens (tertiary/aromatic N) is 1. The number of esters is 1. The molecule has 0 aliphatic heterocycles. The van der Waals surface area contributed by atoms with E-state index < -0.39 is 23.4 Å². The molecule has 2 aromatic carbocycles. The average Bonchev–Trinajstić information content (AvgIpc) is 2.66. The maximum absolute atomic E-state index is 12.0. The fourth-order valence-electron chi connectivity index (χ4n) is 2.34. The van der Waals surface area contributed by atoms with Crippen LogP contribution >= 0.6 is 0 Å². The Balaban J connectivity index is 1.93. The predicted octanol–water partition coefficient (Wildman–Crippen LogP) is 3.90. The van der Waals surface area contributed by atoms with Crippen molar-refractivity contribution in [2.24, 2.45) is 0 Å². The lowest BCUT2D eigenvalue weighted by atomic mass is 9.99. The largest absolute Gasteiger partial charge is 0.452 e. The molecule has 7 heteroatoms. The number of benzene rings is 2. The van der Waals surface area contributed by atoms with E-state index in [-0.39, 0.29) is 11.3 Å². The van der Waals surface area contributed by atoms with E-state index in [0.717, 1.165) is 6.42 Å². The van der Waals surface area contributed by atoms with E-state index in [4.69, 9.17) is 4.74 Å². The molecule has 0 aliphatic carbocycles. The van der Waals surface area contributed by atoms with E-state index >= 15 is 0 Å². The number of nitro benzene ring substituents is 1. The molecule has 2 aromatic rings. The SMILES string of the molecule is CC[C@H](C)c1ccc(NC(=O)COC(=O)c2ccccc2[N+](=O)[O-])cc1. The van der Waals surface area contributed by atoms with Crippen molar-refractivity contribution in [3.8, 4) is 0 Å². The van der Waals surface area contributed by atoms with Crippen molar-refractivity contribution in [3.63, 3.8) is 0 Å². The van der Waals surface area contributed by atoms with Gasteiger partial charge in [-0.05, 0) is 36.1 Å². The van der Waals surface area contributed by atoms with Gasteiger partial charge in [0.2, 0.25) is 0 Å². The van der Waals surface area contributed by atoms with Gasteiger partial charge < -0.3 is 10.1 Å². The Morgan fingerprint density at radius 1 is 1.15 bits per heavy atom. The van der Waals surface area contributed by atoms with Crippen LogP contribution in [0.2, 0.25) is 0 Å². The fraction of sp³-hybridized carbons (Fsp3) is 0.263. The lowest BCUT2D eigenvalue weighted by molar-refractivity contribution is -0.385. The van der Waals surface area contributed by atoms with E-state index in [9.17, 15) is 19.7 Å². The minimum absolute atomic E-state index is 0.191. The molecule has 1 amide bonds. The first-order valence-electron chi connectivity index (χ1n) is 8.22. The summed E-state index contributed by atoms with van der Waals surface area (Å²) in [5.74, 6) is -1.00. The molecule has 0 aromatic heterocycles. The van der Waals surface area contributed by atoms with Gasteiger partial charge >= 0.3 is 5.97 Å². The Hall–Kier alpha value is -3.22. The standard InChI is InChI=1S/C19H20N2O5/c1-3-13(2)14-8-10-15(11-9-14)20-18(22)12-26-19(23)16-6-4-5-7-17(16)21(24)25/h4-11,13H,3,12H2,1-2H3,(H,20,22)/t13-/m0/s1. The van der Waals surface area contributed by atoms with Gasteiger partial charge in [-0.2, -0.15) is 0 Å². The van der Waals surface area contributed by atoms with Crippen LogP contribution in [0.5, 0.6) is 0 Å². The molecule has 0 spiro atoms. The van der Waals surface area contributed by atoms with Crippen molar-refractivity contribution in [2.45, 2.75) is 26.2 Å². The van der Waals surface area contributed by atoms with Crippen LogP contribution in [0.3, 0.4) is 0 Å². The van der Waals surface area contributed by atoms with E-state index in [1.807, 2.05) is 12.1 Å². The average molecular weight is 356 g/mol. The summed E-state index contributed by atoms with van der Waals surface area (Å²) < 4.78 is 4.88. The van der Waals surface area contributed by atoms with Crippen LogP contribution in [-0.4, -0.2) is 23.4 Å². The lowest BCUT2D eigenvalue weighted by Crippen LogP contribution is -2.21. The van der Waals surface area contributed by atoms with E-state index in [2.05, 4.69) is 19.2 Å². The molecular formula is C19H20N2O5. The van der Waals surface area contributed by atoms with Gasteiger partial charge in [0.15, 0.2) is 6.61 Å². The van der Waals surface area contributed by atoms with E-state index in [1.165, 1.54) is 29.8 Å². The molecule has 0 bridgehead atoms. The van der Waals surface area contributed by atoms with Crippen LogP contribution in [0, 0.1) is 10.1 Å². The van der Waals surface area contributed by atoms with Gasteiger partial charge in [-0.15, -0.1) is 0 Å². The minimum Gasteiger partial charge on any atom is -0.452 e. The van der Waals surface area contributed by atoms with Crippen LogP contribution in [0.25, 0.3) is 0 Å². The highest BCUT2D eigenvalue weighted by atomic mass is 16.6. The number of para-hydroxylation sites is 1. The smallest absolute Gasteiger partial charge is 0.345 e. The third kappa shape index (κ3) is 4.89. The van der Waals surface area contributed by atoms with Crippen LogP contribution in [0.15, 0.2) is 48.5 Å². The summed E-state index contributed by atoms with van der Waals surface area (Å²) in [6.07, 6.45) is 1.02. The maximum atomic E-state index is 12.0. The van der Waals surface area contributed by atoms with Crippen LogP contribution in [0.1, 0.15) is 42.1 Å². The number of rotatable bonds is 7. The number of amides is 1. The Morgan fingerprint density at radius 3 is 2.42 bits per heavy atom. The van der Waals surface area contributed by atoms with Crippen molar-refractivity contribution in [1.29, 1.82) is 0 Å². The molecule has 0 unspecified atom stereocenters. The van der Waals surface area contributed by atoms with Crippen molar-refractivity contribution in [2.75, 3.05) is 11.9 Å². The van der Waals surface area contributed by atoms with Crippen LogP contribution < -0.4 is 5.32 Å². The summed E-state index contributed by atoms with van der Waals surface area (Å²) in [5, 5.41) is 13.5. The fourth-order valence-corrected chi connectivity index (χ4v) is 2.34. The molecule has 0 fully saturated rings.